The maximum Gasteiger partial charge on any atom is 0.184 e. The molecule has 0 amide bonds. The average Bonchev–Trinajstić information content (AvgIpc) is 3.41. The first-order valence-electron chi connectivity index (χ1n) is 11.3. The molecule has 3 N–H and O–H groups in total. The number of thiazole rings is 1. The van der Waals surface area contributed by atoms with Crippen LogP contribution in [0.3, 0.4) is 0 Å². The average molecular weight is 498 g/mol. The normalized spacial score (nSPS) is 28.8. The van der Waals surface area contributed by atoms with Crippen LogP contribution < -0.4 is 5.73 Å². The molecule has 9 nitrogen and oxygen atoms in total. The number of halogens is 1. The number of aromatic nitrogens is 4. The first kappa shape index (κ1) is 22.7. The maximum atomic E-state index is 15.1. The van der Waals surface area contributed by atoms with Crippen LogP contribution in [0, 0.1) is 19.7 Å². The van der Waals surface area contributed by atoms with Crippen molar-refractivity contribution in [2.24, 2.45) is 5.73 Å². The van der Waals surface area contributed by atoms with E-state index in [1.807, 2.05) is 37.3 Å². The summed E-state index contributed by atoms with van der Waals surface area (Å²) in [5.74, 6) is 0.164. The molecule has 2 aromatic heterocycles. The number of rotatable bonds is 3. The lowest BCUT2D eigenvalue weighted by Gasteiger charge is -2.46. The standard InChI is InChI=1S/C24H24FN5O4S/c1-11-27-23(30(29-11)16-9-18-15(8-14(16)25)28-12(2)35-18)22-20(31)19(26)21-17(33-22)10-32-24(34-21)13-6-4-3-5-7-13/h3-9,17,19-22,24,31H,10,26H2,1-2H3/t17?,19-,20?,21+,22-,24?/m1/s1. The van der Waals surface area contributed by atoms with Gasteiger partial charge >= 0.3 is 0 Å². The molecule has 35 heavy (non-hydrogen) atoms. The van der Waals surface area contributed by atoms with E-state index in [0.717, 1.165) is 15.3 Å². The van der Waals surface area contributed by atoms with Gasteiger partial charge in [-0.25, -0.2) is 19.0 Å². The second-order valence-electron chi connectivity index (χ2n) is 8.77. The zero-order valence-electron chi connectivity index (χ0n) is 19.0. The third-order valence-electron chi connectivity index (χ3n) is 6.32. The quantitative estimate of drug-likeness (QED) is 0.444. The van der Waals surface area contributed by atoms with Gasteiger partial charge in [0, 0.05) is 11.6 Å². The summed E-state index contributed by atoms with van der Waals surface area (Å²) in [5, 5.41) is 16.4. The lowest BCUT2D eigenvalue weighted by molar-refractivity contribution is -0.309. The van der Waals surface area contributed by atoms with Gasteiger partial charge in [0.05, 0.1) is 27.9 Å². The summed E-state index contributed by atoms with van der Waals surface area (Å²) in [7, 11) is 0. The fraction of sp³-hybridized carbons (Fsp3) is 0.375. The zero-order valence-corrected chi connectivity index (χ0v) is 19.9. The van der Waals surface area contributed by atoms with E-state index >= 15 is 4.39 Å². The maximum absolute atomic E-state index is 15.1. The Morgan fingerprint density at radius 2 is 1.94 bits per heavy atom. The van der Waals surface area contributed by atoms with E-state index in [0.29, 0.717) is 11.3 Å². The van der Waals surface area contributed by atoms with Crippen molar-refractivity contribution in [3.63, 3.8) is 0 Å². The first-order chi connectivity index (χ1) is 16.9. The number of benzene rings is 2. The Hall–Kier alpha value is -2.80. The molecular weight excluding hydrogens is 473 g/mol. The van der Waals surface area contributed by atoms with Crippen molar-refractivity contribution in [3.05, 3.63) is 70.5 Å². The van der Waals surface area contributed by atoms with Crippen molar-refractivity contribution in [1.82, 2.24) is 19.7 Å². The molecule has 0 bridgehead atoms. The zero-order chi connectivity index (χ0) is 24.3. The van der Waals surface area contributed by atoms with Crippen molar-refractivity contribution in [2.45, 2.75) is 50.6 Å². The van der Waals surface area contributed by atoms with Crippen LogP contribution in [-0.4, -0.2) is 55.8 Å². The Bertz CT molecular complexity index is 1380. The van der Waals surface area contributed by atoms with Crippen molar-refractivity contribution >= 4 is 21.6 Å². The van der Waals surface area contributed by atoms with Crippen LogP contribution in [0.1, 0.15) is 34.6 Å². The predicted molar refractivity (Wildman–Crippen MR) is 126 cm³/mol. The van der Waals surface area contributed by atoms with Crippen molar-refractivity contribution in [3.8, 4) is 5.69 Å². The van der Waals surface area contributed by atoms with E-state index in [1.165, 1.54) is 22.1 Å². The molecule has 2 aromatic carbocycles. The second kappa shape index (κ2) is 8.70. The summed E-state index contributed by atoms with van der Waals surface area (Å²) < 4.78 is 35.5. The number of nitrogens with zero attached hydrogens (tertiary/aromatic N) is 4. The molecule has 2 aliphatic rings. The lowest BCUT2D eigenvalue weighted by atomic mass is 9.92. The molecule has 0 saturated carbocycles. The minimum absolute atomic E-state index is 0.198. The van der Waals surface area contributed by atoms with Crippen LogP contribution in [0.5, 0.6) is 0 Å². The van der Waals surface area contributed by atoms with Crippen molar-refractivity contribution in [2.75, 3.05) is 6.61 Å². The van der Waals surface area contributed by atoms with Gasteiger partial charge in [0.1, 0.15) is 35.9 Å². The summed E-state index contributed by atoms with van der Waals surface area (Å²) in [6.07, 6.45) is -3.85. The predicted octanol–water partition coefficient (Wildman–Crippen LogP) is 2.88. The molecule has 0 spiro atoms. The molecule has 0 aliphatic carbocycles. The number of aliphatic hydroxyl groups is 1. The molecule has 2 aliphatic heterocycles. The Kier molecular flexibility index (Phi) is 5.63. The molecule has 6 atom stereocenters. The van der Waals surface area contributed by atoms with E-state index in [2.05, 4.69) is 15.1 Å². The Morgan fingerprint density at radius 1 is 1.14 bits per heavy atom. The number of hydrogen-bond acceptors (Lipinski definition) is 9. The van der Waals surface area contributed by atoms with Gasteiger partial charge in [0.15, 0.2) is 17.9 Å². The third-order valence-corrected chi connectivity index (χ3v) is 7.25. The summed E-state index contributed by atoms with van der Waals surface area (Å²) in [4.78, 5) is 8.82. The molecule has 6 rings (SSSR count). The van der Waals surface area contributed by atoms with E-state index in [1.54, 1.807) is 13.0 Å². The SMILES string of the molecule is Cc1nc([C@@H]2OC3COC(c4ccccc4)O[C@@H]3[C@H](N)C2O)n(-c2cc3sc(C)nc3cc2F)n1. The molecule has 2 saturated heterocycles. The first-order valence-corrected chi connectivity index (χ1v) is 12.1. The second-order valence-corrected chi connectivity index (χ2v) is 10.0. The molecule has 11 heteroatoms. The van der Waals surface area contributed by atoms with Crippen LogP contribution in [0.4, 0.5) is 4.39 Å². The molecule has 3 unspecified atom stereocenters. The number of fused-ring (bicyclic) bond motifs is 2. The number of nitrogens with two attached hydrogens (primary N) is 1. The van der Waals surface area contributed by atoms with Crippen LogP contribution >= 0.6 is 11.3 Å². The van der Waals surface area contributed by atoms with E-state index in [4.69, 9.17) is 19.9 Å². The van der Waals surface area contributed by atoms with Crippen LogP contribution in [0.2, 0.25) is 0 Å². The topological polar surface area (TPSA) is 118 Å². The summed E-state index contributed by atoms with van der Waals surface area (Å²) in [6, 6.07) is 11.8. The molecular formula is C24H24FN5O4S. The highest BCUT2D eigenvalue weighted by atomic mass is 32.1. The van der Waals surface area contributed by atoms with Gasteiger partial charge in [-0.2, -0.15) is 5.10 Å². The molecule has 4 heterocycles. The van der Waals surface area contributed by atoms with Crippen molar-refractivity contribution < 1.29 is 23.7 Å². The number of aryl methyl sites for hydroxylation is 2. The summed E-state index contributed by atoms with van der Waals surface area (Å²) in [5.41, 5.74) is 8.09. The smallest absolute Gasteiger partial charge is 0.184 e. The Balaban J connectivity index is 1.32. The fourth-order valence-electron chi connectivity index (χ4n) is 4.67. The number of aliphatic hydroxyl groups excluding tert-OH is 1. The van der Waals surface area contributed by atoms with Gasteiger partial charge in [-0.3, -0.25) is 0 Å². The highest BCUT2D eigenvalue weighted by Crippen LogP contribution is 2.39. The number of ether oxygens (including phenoxy) is 3. The molecule has 182 valence electrons. The molecule has 0 radical (unpaired) electrons. The largest absolute Gasteiger partial charge is 0.388 e. The van der Waals surface area contributed by atoms with Gasteiger partial charge in [-0.15, -0.1) is 11.3 Å². The Morgan fingerprint density at radius 3 is 2.74 bits per heavy atom. The highest BCUT2D eigenvalue weighted by molar-refractivity contribution is 7.18. The minimum Gasteiger partial charge on any atom is -0.388 e. The minimum atomic E-state index is -1.16. The van der Waals surface area contributed by atoms with Gasteiger partial charge in [0.25, 0.3) is 0 Å². The third kappa shape index (κ3) is 3.94. The molecule has 4 aromatic rings. The van der Waals surface area contributed by atoms with E-state index in [9.17, 15) is 5.11 Å². The molecule has 2 fully saturated rings. The van der Waals surface area contributed by atoms with Gasteiger partial charge in [-0.1, -0.05) is 30.3 Å². The van der Waals surface area contributed by atoms with Gasteiger partial charge in [0.2, 0.25) is 0 Å². The fourth-order valence-corrected chi connectivity index (χ4v) is 5.52. The highest BCUT2D eigenvalue weighted by Gasteiger charge is 2.49. The van der Waals surface area contributed by atoms with E-state index < -0.39 is 42.6 Å². The van der Waals surface area contributed by atoms with Crippen LogP contribution in [0.25, 0.3) is 15.9 Å². The van der Waals surface area contributed by atoms with Crippen LogP contribution in [-0.2, 0) is 14.2 Å². The monoisotopic (exact) mass is 497 g/mol. The Labute approximate surface area is 204 Å². The summed E-state index contributed by atoms with van der Waals surface area (Å²) >= 11 is 1.46. The van der Waals surface area contributed by atoms with Crippen molar-refractivity contribution in [1.29, 1.82) is 0 Å². The lowest BCUT2D eigenvalue weighted by Crippen LogP contribution is -2.62. The van der Waals surface area contributed by atoms with Gasteiger partial charge < -0.3 is 25.1 Å². The number of hydrogen-bond donors (Lipinski definition) is 2. The van der Waals surface area contributed by atoms with Crippen LogP contribution in [0.15, 0.2) is 42.5 Å². The van der Waals surface area contributed by atoms with E-state index in [-0.39, 0.29) is 18.1 Å². The summed E-state index contributed by atoms with van der Waals surface area (Å²) in [6.45, 7) is 3.78. The van der Waals surface area contributed by atoms with Gasteiger partial charge in [-0.05, 0) is 19.9 Å².